The van der Waals surface area contributed by atoms with Crippen LogP contribution >= 0.6 is 0 Å². The number of likely N-dealkylation sites (N-methyl/N-ethyl adjacent to an activating group) is 2. The van der Waals surface area contributed by atoms with Crippen molar-refractivity contribution in [3.63, 3.8) is 0 Å². The maximum atomic E-state index is 12.3. The van der Waals surface area contributed by atoms with Gasteiger partial charge in [-0.3, -0.25) is 19.4 Å². The summed E-state index contributed by atoms with van der Waals surface area (Å²) in [5.41, 5.74) is 0.426. The zero-order valence-corrected chi connectivity index (χ0v) is 17.7. The summed E-state index contributed by atoms with van der Waals surface area (Å²) < 4.78 is 32.6. The van der Waals surface area contributed by atoms with Crippen LogP contribution in [0, 0.1) is 0 Å². The molecule has 1 N–H and O–H groups in total. The molecular formula is C20H21N3O6S. The summed E-state index contributed by atoms with van der Waals surface area (Å²) in [5, 5.41) is 0. The van der Waals surface area contributed by atoms with Crippen molar-refractivity contribution in [2.75, 3.05) is 14.1 Å². The second-order valence-corrected chi connectivity index (χ2v) is 8.79. The maximum absolute atomic E-state index is 12.3. The molecule has 10 heteroatoms. The average molecular weight is 431 g/mol. The van der Waals surface area contributed by atoms with Gasteiger partial charge in [0.2, 0.25) is 10.0 Å². The first-order valence-electron chi connectivity index (χ1n) is 9.05. The van der Waals surface area contributed by atoms with Crippen molar-refractivity contribution in [1.82, 2.24) is 14.5 Å². The molecule has 2 aromatic rings. The molecule has 30 heavy (non-hydrogen) atoms. The Morgan fingerprint density at radius 1 is 0.933 bits per heavy atom. The zero-order valence-electron chi connectivity index (χ0n) is 16.9. The molecule has 1 saturated heterocycles. The van der Waals surface area contributed by atoms with Crippen LogP contribution in [0.2, 0.25) is 0 Å². The number of benzene rings is 1. The Bertz CT molecular complexity index is 1120. The number of barbiturate groups is 1. The standard InChI is InChI=1S/C20H21N3O6S/c1-12(2)21-30(27,28)15-8-5-13(6-9-15)17-10-7-14(29-17)11-16-18(24)22(3)20(26)23(4)19(16)25/h5-12,21H,1-4H3. The first kappa shape index (κ1) is 21.5. The molecule has 0 unspecified atom stereocenters. The number of nitrogens with zero attached hydrogens (tertiary/aromatic N) is 2. The number of amides is 4. The summed E-state index contributed by atoms with van der Waals surface area (Å²) in [6, 6.07) is 8.40. The number of rotatable bonds is 5. The highest BCUT2D eigenvalue weighted by atomic mass is 32.2. The molecule has 0 aliphatic carbocycles. The highest BCUT2D eigenvalue weighted by molar-refractivity contribution is 7.89. The van der Waals surface area contributed by atoms with Gasteiger partial charge in [-0.15, -0.1) is 0 Å². The van der Waals surface area contributed by atoms with Crippen molar-refractivity contribution in [3.05, 3.63) is 47.7 Å². The van der Waals surface area contributed by atoms with E-state index in [-0.39, 0.29) is 22.3 Å². The van der Waals surface area contributed by atoms with Crippen LogP contribution in [-0.2, 0) is 19.6 Å². The number of hydrogen-bond donors (Lipinski definition) is 1. The Hall–Kier alpha value is -3.24. The van der Waals surface area contributed by atoms with Crippen LogP contribution < -0.4 is 4.72 Å². The van der Waals surface area contributed by atoms with E-state index in [9.17, 15) is 22.8 Å². The van der Waals surface area contributed by atoms with Gasteiger partial charge in [0.05, 0.1) is 4.90 Å². The largest absolute Gasteiger partial charge is 0.457 e. The fourth-order valence-electron chi connectivity index (χ4n) is 2.88. The molecular weight excluding hydrogens is 410 g/mol. The van der Waals surface area contributed by atoms with E-state index in [0.717, 1.165) is 9.80 Å². The quantitative estimate of drug-likeness (QED) is 0.572. The van der Waals surface area contributed by atoms with Crippen molar-refractivity contribution in [1.29, 1.82) is 0 Å². The van der Waals surface area contributed by atoms with E-state index in [1.54, 1.807) is 38.1 Å². The first-order valence-corrected chi connectivity index (χ1v) is 10.5. The number of hydrogen-bond acceptors (Lipinski definition) is 6. The smallest absolute Gasteiger partial charge is 0.333 e. The SMILES string of the molecule is CC(C)NS(=O)(=O)c1ccc(-c2ccc(C=C3C(=O)N(C)C(=O)N(C)C3=O)o2)cc1. The van der Waals surface area contributed by atoms with E-state index >= 15 is 0 Å². The average Bonchev–Trinajstić information content (AvgIpc) is 3.16. The topological polar surface area (TPSA) is 117 Å². The number of urea groups is 1. The Kier molecular flexibility index (Phi) is 5.64. The number of sulfonamides is 1. The molecule has 0 bridgehead atoms. The summed E-state index contributed by atoms with van der Waals surface area (Å²) in [6.07, 6.45) is 1.28. The molecule has 9 nitrogen and oxygen atoms in total. The lowest BCUT2D eigenvalue weighted by Crippen LogP contribution is -2.52. The molecule has 1 aromatic heterocycles. The van der Waals surface area contributed by atoms with Crippen LogP contribution in [0.5, 0.6) is 0 Å². The van der Waals surface area contributed by atoms with Crippen LogP contribution in [0.1, 0.15) is 19.6 Å². The third-order valence-electron chi connectivity index (χ3n) is 4.40. The normalized spacial score (nSPS) is 15.4. The molecule has 0 spiro atoms. The fourth-order valence-corrected chi connectivity index (χ4v) is 4.13. The van der Waals surface area contributed by atoms with Crippen molar-refractivity contribution in [2.24, 2.45) is 0 Å². The number of carbonyl (C=O) groups is 3. The van der Waals surface area contributed by atoms with Crippen LogP contribution in [0.3, 0.4) is 0 Å². The van der Waals surface area contributed by atoms with Gasteiger partial charge in [-0.05, 0) is 56.3 Å². The fraction of sp³-hybridized carbons (Fsp3) is 0.250. The summed E-state index contributed by atoms with van der Waals surface area (Å²) in [5.74, 6) is -0.756. The van der Waals surface area contributed by atoms with E-state index < -0.39 is 27.9 Å². The Balaban J connectivity index is 1.86. The predicted octanol–water partition coefficient (Wildman–Crippen LogP) is 2.07. The van der Waals surface area contributed by atoms with Gasteiger partial charge in [0, 0.05) is 25.7 Å². The van der Waals surface area contributed by atoms with Crippen molar-refractivity contribution < 1.29 is 27.2 Å². The number of carbonyl (C=O) groups excluding carboxylic acids is 3. The minimum Gasteiger partial charge on any atom is -0.457 e. The molecule has 0 atom stereocenters. The first-order chi connectivity index (χ1) is 14.0. The minimum absolute atomic E-state index is 0.128. The van der Waals surface area contributed by atoms with Crippen LogP contribution in [0.15, 0.2) is 51.3 Å². The van der Waals surface area contributed by atoms with Crippen molar-refractivity contribution >= 4 is 33.9 Å². The molecule has 0 radical (unpaired) electrons. The number of furan rings is 1. The lowest BCUT2D eigenvalue weighted by Gasteiger charge is -2.28. The van der Waals surface area contributed by atoms with Crippen LogP contribution in [-0.4, -0.2) is 56.2 Å². The van der Waals surface area contributed by atoms with E-state index in [4.69, 9.17) is 4.42 Å². The Morgan fingerprint density at radius 3 is 2.03 bits per heavy atom. The van der Waals surface area contributed by atoms with E-state index in [0.29, 0.717) is 11.3 Å². The molecule has 1 aliphatic rings. The van der Waals surface area contributed by atoms with Gasteiger partial charge >= 0.3 is 6.03 Å². The van der Waals surface area contributed by atoms with Crippen LogP contribution in [0.4, 0.5) is 4.79 Å². The van der Waals surface area contributed by atoms with E-state index in [2.05, 4.69) is 4.72 Å². The van der Waals surface area contributed by atoms with Gasteiger partial charge in [-0.1, -0.05) is 0 Å². The number of imide groups is 2. The van der Waals surface area contributed by atoms with Gasteiger partial charge < -0.3 is 4.42 Å². The minimum atomic E-state index is -3.60. The van der Waals surface area contributed by atoms with E-state index in [1.165, 1.54) is 32.3 Å². The highest BCUT2D eigenvalue weighted by Crippen LogP contribution is 2.26. The van der Waals surface area contributed by atoms with Gasteiger partial charge in [-0.2, -0.15) is 0 Å². The monoisotopic (exact) mass is 431 g/mol. The maximum Gasteiger partial charge on any atom is 0.333 e. The summed E-state index contributed by atoms with van der Waals surface area (Å²) in [4.78, 5) is 38.2. The van der Waals surface area contributed by atoms with Gasteiger partial charge in [-0.25, -0.2) is 17.9 Å². The highest BCUT2D eigenvalue weighted by Gasteiger charge is 2.38. The molecule has 158 valence electrons. The molecule has 2 heterocycles. The molecule has 1 fully saturated rings. The molecule has 1 aromatic carbocycles. The van der Waals surface area contributed by atoms with Crippen molar-refractivity contribution in [3.8, 4) is 11.3 Å². The predicted molar refractivity (Wildman–Crippen MR) is 109 cm³/mol. The Labute approximate surface area is 174 Å². The molecule has 0 saturated carbocycles. The lowest BCUT2D eigenvalue weighted by atomic mass is 10.1. The third kappa shape index (κ3) is 4.05. The second kappa shape index (κ2) is 7.88. The molecule has 4 amide bonds. The van der Waals surface area contributed by atoms with Crippen molar-refractivity contribution in [2.45, 2.75) is 24.8 Å². The van der Waals surface area contributed by atoms with Gasteiger partial charge in [0.15, 0.2) is 0 Å². The van der Waals surface area contributed by atoms with Gasteiger partial charge in [0.1, 0.15) is 17.1 Å². The van der Waals surface area contributed by atoms with Gasteiger partial charge in [0.25, 0.3) is 11.8 Å². The summed E-state index contributed by atoms with van der Waals surface area (Å²) >= 11 is 0. The molecule has 3 rings (SSSR count). The van der Waals surface area contributed by atoms with E-state index in [1.807, 2.05) is 0 Å². The lowest BCUT2D eigenvalue weighted by molar-refractivity contribution is -0.134. The second-order valence-electron chi connectivity index (χ2n) is 7.07. The Morgan fingerprint density at radius 2 is 1.50 bits per heavy atom. The summed E-state index contributed by atoms with van der Waals surface area (Å²) in [7, 11) is -1.02. The molecule has 1 aliphatic heterocycles. The van der Waals surface area contributed by atoms with Crippen LogP contribution in [0.25, 0.3) is 17.4 Å². The third-order valence-corrected chi connectivity index (χ3v) is 6.07. The number of nitrogens with one attached hydrogen (secondary N) is 1. The zero-order chi connectivity index (χ0) is 22.2. The summed E-state index contributed by atoms with van der Waals surface area (Å²) in [6.45, 7) is 3.47.